The van der Waals surface area contributed by atoms with Crippen molar-refractivity contribution in [2.45, 2.75) is 53.6 Å². The van der Waals surface area contributed by atoms with Crippen LogP contribution in [-0.2, 0) is 41.5 Å². The minimum atomic E-state index is -0.962. The molecule has 0 radical (unpaired) electrons. The van der Waals surface area contributed by atoms with Gasteiger partial charge in [0.2, 0.25) is 0 Å². The molecule has 0 saturated carbocycles. The average molecular weight is 1220 g/mol. The highest BCUT2D eigenvalue weighted by Gasteiger charge is 2.18. The van der Waals surface area contributed by atoms with Gasteiger partial charge in [-0.1, -0.05) is 74.2 Å². The van der Waals surface area contributed by atoms with Crippen LogP contribution in [-0.4, -0.2) is 100 Å². The molecule has 0 fully saturated rings. The third-order valence-electron chi connectivity index (χ3n) is 12.7. The smallest absolute Gasteiger partial charge is 0.412 e. The van der Waals surface area contributed by atoms with Crippen molar-refractivity contribution in [1.29, 1.82) is 0 Å². The summed E-state index contributed by atoms with van der Waals surface area (Å²) in [6.45, 7) is 7.56. The average Bonchev–Trinajstić information content (AvgIpc) is 2.06. The van der Waals surface area contributed by atoms with E-state index in [1.165, 1.54) is 18.2 Å². The topological polar surface area (TPSA) is 266 Å². The number of hydrogen-bond donors (Lipinski definition) is 3. The number of aliphatic carboxylic acids is 1. The van der Waals surface area contributed by atoms with Gasteiger partial charge >= 0.3 is 18.0 Å². The van der Waals surface area contributed by atoms with Crippen LogP contribution in [0.1, 0.15) is 79.5 Å². The first-order valence-corrected chi connectivity index (χ1v) is 28.2. The molecule has 0 bridgehead atoms. The van der Waals surface area contributed by atoms with Gasteiger partial charge in [-0.3, -0.25) is 24.1 Å². The number of carboxylic acid groups (broad SMARTS) is 1. The number of amides is 1. The maximum absolute atomic E-state index is 12.5. The summed E-state index contributed by atoms with van der Waals surface area (Å²) in [5, 5.41) is 11.2. The third-order valence-corrected chi connectivity index (χ3v) is 12.7. The van der Waals surface area contributed by atoms with Crippen LogP contribution in [0.5, 0.6) is 0 Å². The Morgan fingerprint density at radius 1 is 0.495 bits per heavy atom. The maximum Gasteiger partial charge on any atom is 0.412 e. The van der Waals surface area contributed by atoms with Gasteiger partial charge in [0.15, 0.2) is 17.9 Å². The number of allylic oxidation sites excluding steroid dienone is 2. The van der Waals surface area contributed by atoms with Crippen LogP contribution >= 0.6 is 0 Å². The lowest BCUT2D eigenvalue weighted by Crippen LogP contribution is -2.27. The number of ether oxygens (including phenoxy) is 2. The first kappa shape index (κ1) is 66.4. The SMILES string of the molecule is C.CC(C)(C)OC(=O)Nc1ccccc1CC(=O)/C=C/c1cnc2ccccn12.CCOC(=O)/C=C/c1cnc2ccccn12.Nc1ccccc1CC(=O)/C=C/c1cnc2ccccn12.O=C(O)/C=C/c1cnc2ccccn12.O=Cc1cnc2ccccn12. The summed E-state index contributed by atoms with van der Waals surface area (Å²) < 4.78 is 19.4. The number of imidazole rings is 5. The van der Waals surface area contributed by atoms with E-state index < -0.39 is 17.7 Å². The van der Waals surface area contributed by atoms with Crippen LogP contribution in [0.3, 0.4) is 0 Å². The molecule has 462 valence electrons. The van der Waals surface area contributed by atoms with Gasteiger partial charge in [-0.2, -0.15) is 0 Å². The number of nitrogen functional groups attached to an aromatic ring is 1. The molecule has 0 spiro atoms. The number of aldehydes is 1. The van der Waals surface area contributed by atoms with E-state index in [4.69, 9.17) is 20.3 Å². The molecule has 21 nitrogen and oxygen atoms in total. The van der Waals surface area contributed by atoms with Crippen LogP contribution in [0.25, 0.3) is 52.5 Å². The summed E-state index contributed by atoms with van der Waals surface area (Å²) in [6.07, 6.45) is 30.8. The number of carbonyl (C=O) groups excluding carboxylic acids is 5. The number of nitrogens with two attached hydrogens (primary N) is 1. The van der Waals surface area contributed by atoms with Crippen molar-refractivity contribution in [2.24, 2.45) is 0 Å². The van der Waals surface area contributed by atoms with Gasteiger partial charge in [-0.15, -0.1) is 0 Å². The molecule has 0 aliphatic heterocycles. The number of pyridine rings is 5. The minimum Gasteiger partial charge on any atom is -0.478 e. The van der Waals surface area contributed by atoms with Gasteiger partial charge < -0.3 is 37.9 Å². The normalized spacial score (nSPS) is 11.1. The number of nitrogens with zero attached hydrogens (tertiary/aromatic N) is 10. The predicted molar refractivity (Wildman–Crippen MR) is 353 cm³/mol. The fourth-order valence-corrected chi connectivity index (χ4v) is 8.60. The molecule has 1 amide bonds. The standard InChI is InChI=1S/C22H23N3O3.C17H15N3O.C12H12N2O2.C10H8N2O2.C8H6N2O.CH4/c1-22(2,3)28-21(27)24-19-9-5-4-8-16(19)14-18(26)12-11-17-15-23-20-10-6-7-13-25(17)20;18-16-6-2-1-5-13(16)11-15(21)9-8-14-12-19-17-7-3-4-10-20(14)17;1-2-16-12(15)7-6-10-9-13-11-5-3-4-8-14(10)11;13-10(14)5-4-8-7-11-9-3-1-2-6-12(8)9;11-6-7-5-9-8-3-1-2-4-10(7)8;/h4-13,15H,14H2,1-3H3,(H,24,27);1-10,12H,11,18H2;3-9H,2H2,1H3;1-7H,(H,13,14);1-6H;1H4/b12-11+;9-8+;7-6+;5-4+;;. The summed E-state index contributed by atoms with van der Waals surface area (Å²) in [7, 11) is 0. The number of ketones is 2. The van der Waals surface area contributed by atoms with Gasteiger partial charge in [-0.25, -0.2) is 39.3 Å². The summed E-state index contributed by atoms with van der Waals surface area (Å²) in [5.74, 6) is -1.37. The van der Waals surface area contributed by atoms with Crippen LogP contribution in [0.4, 0.5) is 16.2 Å². The Balaban J connectivity index is 0.000000167. The van der Waals surface area contributed by atoms with Crippen molar-refractivity contribution in [3.05, 3.63) is 265 Å². The Morgan fingerprint density at radius 3 is 1.24 bits per heavy atom. The van der Waals surface area contributed by atoms with Crippen molar-refractivity contribution < 1.29 is 43.3 Å². The second-order valence-corrected chi connectivity index (χ2v) is 20.4. The van der Waals surface area contributed by atoms with Gasteiger partial charge in [0.05, 0.1) is 60.4 Å². The molecular weight excluding hydrogens is 1150 g/mol. The van der Waals surface area contributed by atoms with Crippen LogP contribution in [0, 0.1) is 0 Å². The van der Waals surface area contributed by atoms with Gasteiger partial charge in [0, 0.05) is 67.4 Å². The molecule has 21 heteroatoms. The molecule has 2 aromatic carbocycles. The van der Waals surface area contributed by atoms with Gasteiger partial charge in [-0.05, 0) is 148 Å². The second-order valence-electron chi connectivity index (χ2n) is 20.4. The number of para-hydroxylation sites is 2. The van der Waals surface area contributed by atoms with Crippen molar-refractivity contribution in [1.82, 2.24) is 46.9 Å². The Hall–Kier alpha value is -12.1. The molecule has 91 heavy (non-hydrogen) atoms. The van der Waals surface area contributed by atoms with Gasteiger partial charge in [0.25, 0.3) is 0 Å². The van der Waals surface area contributed by atoms with E-state index in [0.717, 1.165) is 74.5 Å². The third kappa shape index (κ3) is 19.4. The van der Waals surface area contributed by atoms with Crippen LogP contribution in [0.15, 0.2) is 226 Å². The number of carbonyl (C=O) groups is 6. The van der Waals surface area contributed by atoms with E-state index in [1.807, 2.05) is 170 Å². The Morgan fingerprint density at radius 2 is 0.846 bits per heavy atom. The second kappa shape index (κ2) is 32.6. The summed E-state index contributed by atoms with van der Waals surface area (Å²) in [5.41, 5.74) is 16.1. The van der Waals surface area contributed by atoms with E-state index in [1.54, 1.807) is 106 Å². The lowest BCUT2D eigenvalue weighted by molar-refractivity contribution is -0.137. The highest BCUT2D eigenvalue weighted by atomic mass is 16.6. The molecule has 0 aliphatic carbocycles. The van der Waals surface area contributed by atoms with E-state index >= 15 is 0 Å². The Kier molecular flexibility index (Phi) is 23.8. The highest BCUT2D eigenvalue weighted by Crippen LogP contribution is 2.20. The van der Waals surface area contributed by atoms with E-state index in [2.05, 4.69) is 30.2 Å². The molecule has 4 N–H and O–H groups in total. The zero-order chi connectivity index (χ0) is 63.8. The van der Waals surface area contributed by atoms with E-state index in [9.17, 15) is 28.8 Å². The quantitative estimate of drug-likeness (QED) is 0.0373. The first-order valence-electron chi connectivity index (χ1n) is 28.2. The Bertz CT molecular complexity index is 4570. The van der Waals surface area contributed by atoms with Crippen LogP contribution in [0.2, 0.25) is 0 Å². The number of carboxylic acids is 1. The van der Waals surface area contributed by atoms with Crippen molar-refractivity contribution in [3.63, 3.8) is 0 Å². The molecule has 10 aromatic heterocycles. The fourth-order valence-electron chi connectivity index (χ4n) is 8.60. The lowest BCUT2D eigenvalue weighted by Gasteiger charge is -2.20. The molecule has 12 rings (SSSR count). The highest BCUT2D eigenvalue weighted by molar-refractivity contribution is 5.97. The first-order chi connectivity index (χ1) is 43.5. The number of esters is 1. The summed E-state index contributed by atoms with van der Waals surface area (Å²) in [6, 6.07) is 43.1. The molecule has 0 unspecified atom stereocenters. The maximum atomic E-state index is 12.5. The molecule has 10 heterocycles. The number of anilines is 2. The van der Waals surface area contributed by atoms with Gasteiger partial charge in [0.1, 0.15) is 39.5 Å². The largest absolute Gasteiger partial charge is 0.478 e. The summed E-state index contributed by atoms with van der Waals surface area (Å²) in [4.78, 5) is 89.3. The Labute approximate surface area is 524 Å². The molecule has 0 atom stereocenters. The zero-order valence-electron chi connectivity index (χ0n) is 49.6. The number of nitrogens with one attached hydrogen (secondary N) is 1. The monoisotopic (exact) mass is 1220 g/mol. The predicted octanol–water partition coefficient (Wildman–Crippen LogP) is 12.4. The van der Waals surface area contributed by atoms with Crippen molar-refractivity contribution >= 4 is 99.8 Å². The fraction of sp³-hybridized carbons (Fsp3) is 0.129. The summed E-state index contributed by atoms with van der Waals surface area (Å²) >= 11 is 0. The number of rotatable bonds is 15. The number of fused-ring (bicyclic) bond motifs is 5. The number of benzene rings is 2. The van der Waals surface area contributed by atoms with E-state index in [0.29, 0.717) is 30.1 Å². The van der Waals surface area contributed by atoms with Crippen molar-refractivity contribution in [2.75, 3.05) is 17.7 Å². The molecule has 0 aliphatic rings. The molecular formula is C70H68N12O9. The minimum absolute atomic E-state index is 0. The van der Waals surface area contributed by atoms with E-state index in [-0.39, 0.29) is 31.4 Å². The van der Waals surface area contributed by atoms with Crippen molar-refractivity contribution in [3.8, 4) is 0 Å². The number of aromatic nitrogens is 10. The molecule has 12 aromatic rings. The van der Waals surface area contributed by atoms with Crippen LogP contribution < -0.4 is 11.1 Å². The lowest BCUT2D eigenvalue weighted by atomic mass is 10.1. The molecule has 0 saturated heterocycles. The number of hydrogen-bond acceptors (Lipinski definition) is 14. The zero-order valence-corrected chi connectivity index (χ0v) is 49.6.